The molecule has 1 saturated carbocycles. The van der Waals surface area contributed by atoms with Crippen molar-refractivity contribution in [2.24, 2.45) is 5.73 Å². The third kappa shape index (κ3) is 3.04. The van der Waals surface area contributed by atoms with Crippen LogP contribution in [0.4, 0.5) is 0 Å². The van der Waals surface area contributed by atoms with E-state index in [0.717, 1.165) is 25.7 Å². The number of nitrogens with one attached hydrogen (secondary N) is 1. The van der Waals surface area contributed by atoms with E-state index in [1.165, 1.54) is 4.31 Å². The van der Waals surface area contributed by atoms with Crippen molar-refractivity contribution in [3.05, 3.63) is 0 Å². The summed E-state index contributed by atoms with van der Waals surface area (Å²) < 4.78 is 27.6. The number of halogens is 1. The summed E-state index contributed by atoms with van der Waals surface area (Å²) >= 11 is 0. The first-order chi connectivity index (χ1) is 6.58. The van der Waals surface area contributed by atoms with Crippen LogP contribution >= 0.6 is 12.4 Å². The molecule has 90 valence electrons. The van der Waals surface area contributed by atoms with E-state index >= 15 is 0 Å². The van der Waals surface area contributed by atoms with E-state index < -0.39 is 10.2 Å². The lowest BCUT2D eigenvalue weighted by Gasteiger charge is -2.33. The van der Waals surface area contributed by atoms with Gasteiger partial charge in [0.15, 0.2) is 0 Å². The van der Waals surface area contributed by atoms with E-state index in [1.54, 1.807) is 0 Å². The quantitative estimate of drug-likeness (QED) is 0.735. The van der Waals surface area contributed by atoms with Gasteiger partial charge in [-0.3, -0.25) is 0 Å². The second-order valence-corrected chi connectivity index (χ2v) is 5.86. The van der Waals surface area contributed by atoms with Crippen LogP contribution < -0.4 is 10.5 Å². The summed E-state index contributed by atoms with van der Waals surface area (Å²) in [6.45, 7) is 1.32. The first-order valence-electron chi connectivity index (χ1n) is 5.11. The Balaban J connectivity index is 0.00000112. The Labute approximate surface area is 97.0 Å². The van der Waals surface area contributed by atoms with Crippen LogP contribution in [0.1, 0.15) is 25.7 Å². The van der Waals surface area contributed by atoms with Crippen molar-refractivity contribution in [3.63, 3.8) is 0 Å². The molecule has 0 aromatic heterocycles. The average molecular weight is 256 g/mol. The molecule has 1 aliphatic heterocycles. The molecule has 2 aliphatic rings. The van der Waals surface area contributed by atoms with Crippen molar-refractivity contribution in [2.75, 3.05) is 13.1 Å². The number of nitrogens with two attached hydrogens (primary N) is 1. The SMILES string of the molecule is Cl.NC1CC(NS(=O)(=O)N2CCCC2)C1. The Morgan fingerprint density at radius 3 is 2.20 bits per heavy atom. The predicted molar refractivity (Wildman–Crippen MR) is 61.1 cm³/mol. The van der Waals surface area contributed by atoms with Crippen molar-refractivity contribution in [2.45, 2.75) is 37.8 Å². The van der Waals surface area contributed by atoms with Gasteiger partial charge in [-0.05, 0) is 25.7 Å². The lowest BCUT2D eigenvalue weighted by molar-refractivity contribution is 0.319. The summed E-state index contributed by atoms with van der Waals surface area (Å²) in [7, 11) is -3.22. The molecular weight excluding hydrogens is 238 g/mol. The normalized spacial score (nSPS) is 32.1. The van der Waals surface area contributed by atoms with Crippen molar-refractivity contribution in [3.8, 4) is 0 Å². The number of hydrogen-bond acceptors (Lipinski definition) is 3. The van der Waals surface area contributed by atoms with Crippen LogP contribution in [0.5, 0.6) is 0 Å². The maximum Gasteiger partial charge on any atom is 0.279 e. The van der Waals surface area contributed by atoms with Crippen LogP contribution in [0.2, 0.25) is 0 Å². The summed E-state index contributed by atoms with van der Waals surface area (Å²) in [6, 6.07) is 0.247. The topological polar surface area (TPSA) is 75.4 Å². The van der Waals surface area contributed by atoms with Gasteiger partial charge in [0.2, 0.25) is 0 Å². The van der Waals surface area contributed by atoms with Gasteiger partial charge in [-0.15, -0.1) is 12.4 Å². The minimum atomic E-state index is -3.22. The fourth-order valence-electron chi connectivity index (χ4n) is 1.97. The minimum absolute atomic E-state index is 0. The van der Waals surface area contributed by atoms with E-state index in [0.29, 0.717) is 13.1 Å². The third-order valence-electron chi connectivity index (χ3n) is 2.90. The van der Waals surface area contributed by atoms with E-state index in [9.17, 15) is 8.42 Å². The van der Waals surface area contributed by atoms with Crippen molar-refractivity contribution >= 4 is 22.6 Å². The first-order valence-corrected chi connectivity index (χ1v) is 6.55. The predicted octanol–water partition coefficient (Wildman–Crippen LogP) is -0.172. The highest BCUT2D eigenvalue weighted by molar-refractivity contribution is 7.87. The van der Waals surface area contributed by atoms with Gasteiger partial charge < -0.3 is 5.73 Å². The highest BCUT2D eigenvalue weighted by atomic mass is 35.5. The minimum Gasteiger partial charge on any atom is -0.328 e. The highest BCUT2D eigenvalue weighted by Crippen LogP contribution is 2.20. The molecule has 1 aliphatic carbocycles. The second kappa shape index (κ2) is 4.97. The smallest absolute Gasteiger partial charge is 0.279 e. The molecule has 15 heavy (non-hydrogen) atoms. The van der Waals surface area contributed by atoms with Gasteiger partial charge in [0.1, 0.15) is 0 Å². The molecule has 0 amide bonds. The zero-order valence-electron chi connectivity index (χ0n) is 8.55. The molecule has 2 fully saturated rings. The molecule has 0 unspecified atom stereocenters. The summed E-state index contributed by atoms with van der Waals surface area (Å²) in [5.74, 6) is 0. The zero-order chi connectivity index (χ0) is 10.2. The average Bonchev–Trinajstić information content (AvgIpc) is 2.52. The van der Waals surface area contributed by atoms with E-state index in [-0.39, 0.29) is 24.5 Å². The van der Waals surface area contributed by atoms with Gasteiger partial charge in [0.25, 0.3) is 10.2 Å². The van der Waals surface area contributed by atoms with Crippen LogP contribution in [-0.4, -0.2) is 37.9 Å². The number of rotatable bonds is 3. The maximum atomic E-state index is 11.7. The van der Waals surface area contributed by atoms with E-state index in [4.69, 9.17) is 5.73 Å². The van der Waals surface area contributed by atoms with Gasteiger partial charge in [0.05, 0.1) is 0 Å². The molecule has 7 heteroatoms. The molecule has 1 saturated heterocycles. The van der Waals surface area contributed by atoms with Gasteiger partial charge in [-0.25, -0.2) is 0 Å². The summed E-state index contributed by atoms with van der Waals surface area (Å²) in [5, 5.41) is 0. The van der Waals surface area contributed by atoms with Crippen LogP contribution in [0.3, 0.4) is 0 Å². The van der Waals surface area contributed by atoms with Gasteiger partial charge in [-0.2, -0.15) is 17.4 Å². The van der Waals surface area contributed by atoms with Crippen LogP contribution in [-0.2, 0) is 10.2 Å². The number of hydrogen-bond donors (Lipinski definition) is 2. The standard InChI is InChI=1S/C8H17N3O2S.ClH/c9-7-5-8(6-7)10-14(12,13)11-3-1-2-4-11;/h7-8,10H,1-6,9H2;1H. The Kier molecular flexibility index (Phi) is 4.37. The second-order valence-electron chi connectivity index (χ2n) is 4.16. The van der Waals surface area contributed by atoms with Gasteiger partial charge in [-0.1, -0.05) is 0 Å². The lowest BCUT2D eigenvalue weighted by Crippen LogP contribution is -2.53. The van der Waals surface area contributed by atoms with Crippen molar-refractivity contribution in [1.29, 1.82) is 0 Å². The van der Waals surface area contributed by atoms with Crippen LogP contribution in [0.15, 0.2) is 0 Å². The molecule has 2 rings (SSSR count). The Hall–Kier alpha value is 0.120. The van der Waals surface area contributed by atoms with Crippen LogP contribution in [0.25, 0.3) is 0 Å². The van der Waals surface area contributed by atoms with Crippen LogP contribution in [0, 0.1) is 0 Å². The fourth-order valence-corrected chi connectivity index (χ4v) is 3.47. The highest BCUT2D eigenvalue weighted by Gasteiger charge is 2.33. The monoisotopic (exact) mass is 255 g/mol. The third-order valence-corrected chi connectivity index (χ3v) is 4.57. The summed E-state index contributed by atoms with van der Waals surface area (Å²) in [5.41, 5.74) is 5.59. The largest absolute Gasteiger partial charge is 0.328 e. The molecule has 0 radical (unpaired) electrons. The Morgan fingerprint density at radius 1 is 1.20 bits per heavy atom. The summed E-state index contributed by atoms with van der Waals surface area (Å²) in [4.78, 5) is 0. The van der Waals surface area contributed by atoms with Crippen molar-refractivity contribution in [1.82, 2.24) is 9.03 Å². The van der Waals surface area contributed by atoms with E-state index in [2.05, 4.69) is 4.72 Å². The molecule has 3 N–H and O–H groups in total. The molecular formula is C8H18ClN3O2S. The molecule has 0 aromatic carbocycles. The van der Waals surface area contributed by atoms with E-state index in [1.807, 2.05) is 0 Å². The Bertz CT molecular complexity index is 297. The molecule has 0 atom stereocenters. The molecule has 0 aromatic rings. The van der Waals surface area contributed by atoms with Gasteiger partial charge in [0, 0.05) is 25.2 Å². The molecule has 1 heterocycles. The number of nitrogens with zero attached hydrogens (tertiary/aromatic N) is 1. The maximum absolute atomic E-state index is 11.7. The van der Waals surface area contributed by atoms with Gasteiger partial charge >= 0.3 is 0 Å². The molecule has 5 nitrogen and oxygen atoms in total. The first kappa shape index (κ1) is 13.2. The Morgan fingerprint density at radius 2 is 1.73 bits per heavy atom. The molecule has 0 spiro atoms. The molecule has 0 bridgehead atoms. The van der Waals surface area contributed by atoms with Crippen molar-refractivity contribution < 1.29 is 8.42 Å². The zero-order valence-corrected chi connectivity index (χ0v) is 10.2. The fraction of sp³-hybridized carbons (Fsp3) is 1.00. The lowest BCUT2D eigenvalue weighted by atomic mass is 9.89. The summed E-state index contributed by atoms with van der Waals surface area (Å²) in [6.07, 6.45) is 3.50.